The molecule has 1 fully saturated rings. The summed E-state index contributed by atoms with van der Waals surface area (Å²) in [5, 5.41) is 10.9. The first-order chi connectivity index (χ1) is 10.4. The number of aliphatic imine (C=N–C) groups is 1. The molecule has 1 heterocycles. The normalized spacial score (nSPS) is 32.3. The minimum absolute atomic E-state index is 0.319. The SMILES string of the molecule is COc1ccc(C=NCC[C@@]2(O)C[C@H](C)[NH+](C)C[C@H]2C)cc1. The molecule has 1 unspecified atom stereocenters. The van der Waals surface area contributed by atoms with Crippen molar-refractivity contribution < 1.29 is 14.7 Å². The maximum atomic E-state index is 10.9. The Labute approximate surface area is 133 Å². The van der Waals surface area contributed by atoms with Gasteiger partial charge in [-0.15, -0.1) is 0 Å². The number of benzene rings is 1. The number of hydrogen-bond donors (Lipinski definition) is 2. The Hall–Kier alpha value is -1.39. The van der Waals surface area contributed by atoms with Gasteiger partial charge in [-0.1, -0.05) is 6.92 Å². The van der Waals surface area contributed by atoms with Crippen LogP contribution in [0, 0.1) is 5.92 Å². The average Bonchev–Trinajstić information content (AvgIpc) is 2.50. The standard InChI is InChI=1S/C18H28N2O2/c1-14-13-20(3)15(2)11-18(14,21)9-10-19-12-16-5-7-17(22-4)8-6-16/h5-8,12,14-15,21H,9-11,13H2,1-4H3/p+1/t14-,15+,18-/m1/s1. The summed E-state index contributed by atoms with van der Waals surface area (Å²) >= 11 is 0. The molecule has 4 nitrogen and oxygen atoms in total. The Morgan fingerprint density at radius 3 is 2.68 bits per heavy atom. The molecule has 122 valence electrons. The molecule has 2 N–H and O–H groups in total. The maximum absolute atomic E-state index is 10.9. The number of nitrogens with zero attached hydrogens (tertiary/aromatic N) is 1. The van der Waals surface area contributed by atoms with E-state index in [4.69, 9.17) is 4.74 Å². The molecular formula is C18H29N2O2+. The molecule has 0 radical (unpaired) electrons. The predicted octanol–water partition coefficient (Wildman–Crippen LogP) is 1.18. The van der Waals surface area contributed by atoms with Gasteiger partial charge in [0.05, 0.1) is 32.3 Å². The summed E-state index contributed by atoms with van der Waals surface area (Å²) in [7, 11) is 3.87. The summed E-state index contributed by atoms with van der Waals surface area (Å²) in [5.41, 5.74) is 0.484. The number of rotatable bonds is 5. The number of quaternary nitrogens is 1. The Bertz CT molecular complexity index is 500. The van der Waals surface area contributed by atoms with Crippen molar-refractivity contribution in [2.75, 3.05) is 27.2 Å². The number of methoxy groups -OCH3 is 1. The van der Waals surface area contributed by atoms with E-state index in [0.717, 1.165) is 30.7 Å². The van der Waals surface area contributed by atoms with E-state index in [1.807, 2.05) is 30.5 Å². The van der Waals surface area contributed by atoms with E-state index >= 15 is 0 Å². The number of likely N-dealkylation sites (tertiary alicyclic amines) is 1. The zero-order chi connectivity index (χ0) is 16.2. The van der Waals surface area contributed by atoms with Crippen molar-refractivity contribution in [3.63, 3.8) is 0 Å². The molecule has 0 aromatic heterocycles. The number of piperidine rings is 1. The van der Waals surface area contributed by atoms with Crippen molar-refractivity contribution in [3.05, 3.63) is 29.8 Å². The number of aliphatic hydroxyl groups is 1. The molecule has 1 saturated heterocycles. The van der Waals surface area contributed by atoms with Gasteiger partial charge < -0.3 is 14.7 Å². The molecule has 1 aliphatic rings. The average molecular weight is 305 g/mol. The lowest BCUT2D eigenvalue weighted by Gasteiger charge is -2.43. The van der Waals surface area contributed by atoms with Gasteiger partial charge in [0.2, 0.25) is 0 Å². The van der Waals surface area contributed by atoms with Gasteiger partial charge >= 0.3 is 0 Å². The highest BCUT2D eigenvalue weighted by Gasteiger charge is 2.42. The molecule has 0 amide bonds. The topological polar surface area (TPSA) is 46.3 Å². The van der Waals surface area contributed by atoms with E-state index in [-0.39, 0.29) is 0 Å². The first kappa shape index (κ1) is 17.0. The van der Waals surface area contributed by atoms with E-state index < -0.39 is 5.60 Å². The first-order valence-corrected chi connectivity index (χ1v) is 8.13. The largest absolute Gasteiger partial charge is 0.497 e. The highest BCUT2D eigenvalue weighted by Crippen LogP contribution is 2.28. The fourth-order valence-electron chi connectivity index (χ4n) is 3.25. The zero-order valence-corrected chi connectivity index (χ0v) is 14.2. The molecule has 1 aromatic carbocycles. The van der Waals surface area contributed by atoms with Crippen LogP contribution in [0.1, 0.15) is 32.3 Å². The highest BCUT2D eigenvalue weighted by atomic mass is 16.5. The van der Waals surface area contributed by atoms with E-state index in [0.29, 0.717) is 18.5 Å². The van der Waals surface area contributed by atoms with Gasteiger partial charge in [-0.05, 0) is 43.2 Å². The third kappa shape index (κ3) is 4.08. The Morgan fingerprint density at radius 1 is 1.36 bits per heavy atom. The monoisotopic (exact) mass is 305 g/mol. The molecule has 0 bridgehead atoms. The van der Waals surface area contributed by atoms with Crippen molar-refractivity contribution in [1.29, 1.82) is 0 Å². The van der Waals surface area contributed by atoms with Crippen molar-refractivity contribution in [2.24, 2.45) is 10.9 Å². The molecule has 2 rings (SSSR count). The van der Waals surface area contributed by atoms with Crippen molar-refractivity contribution in [3.8, 4) is 5.75 Å². The molecule has 0 aliphatic carbocycles. The van der Waals surface area contributed by atoms with Crippen LogP contribution in [0.4, 0.5) is 0 Å². The summed E-state index contributed by atoms with van der Waals surface area (Å²) < 4.78 is 5.14. The van der Waals surface area contributed by atoms with E-state index in [1.165, 1.54) is 4.90 Å². The summed E-state index contributed by atoms with van der Waals surface area (Å²) in [6.45, 7) is 6.06. The van der Waals surface area contributed by atoms with Crippen molar-refractivity contribution >= 4 is 6.21 Å². The lowest BCUT2D eigenvalue weighted by atomic mass is 9.77. The number of hydrogen-bond acceptors (Lipinski definition) is 3. The molecule has 4 atom stereocenters. The molecule has 1 aliphatic heterocycles. The van der Waals surface area contributed by atoms with Crippen LogP contribution in [0.15, 0.2) is 29.3 Å². The predicted molar refractivity (Wildman–Crippen MR) is 90.0 cm³/mol. The fourth-order valence-corrected chi connectivity index (χ4v) is 3.25. The second-order valence-electron chi connectivity index (χ2n) is 6.72. The Kier molecular flexibility index (Phi) is 5.59. The second kappa shape index (κ2) is 7.25. The quantitative estimate of drug-likeness (QED) is 0.803. The van der Waals surface area contributed by atoms with Gasteiger partial charge in [-0.2, -0.15) is 0 Å². The van der Waals surface area contributed by atoms with E-state index in [2.05, 4.69) is 25.9 Å². The van der Waals surface area contributed by atoms with Gasteiger partial charge in [0.15, 0.2) is 0 Å². The Morgan fingerprint density at radius 2 is 2.05 bits per heavy atom. The zero-order valence-electron chi connectivity index (χ0n) is 14.2. The second-order valence-corrected chi connectivity index (χ2v) is 6.72. The summed E-state index contributed by atoms with van der Waals surface area (Å²) in [6.07, 6.45) is 3.47. The van der Waals surface area contributed by atoms with E-state index in [9.17, 15) is 5.11 Å². The van der Waals surface area contributed by atoms with Crippen LogP contribution in [0.2, 0.25) is 0 Å². The van der Waals surface area contributed by atoms with Gasteiger partial charge in [-0.3, -0.25) is 4.99 Å². The van der Waals surface area contributed by atoms with Crippen LogP contribution in [0.25, 0.3) is 0 Å². The van der Waals surface area contributed by atoms with Crippen LogP contribution >= 0.6 is 0 Å². The van der Waals surface area contributed by atoms with Crippen LogP contribution in [0.3, 0.4) is 0 Å². The van der Waals surface area contributed by atoms with Gasteiger partial charge in [0.25, 0.3) is 0 Å². The maximum Gasteiger partial charge on any atom is 0.118 e. The summed E-state index contributed by atoms with van der Waals surface area (Å²) in [4.78, 5) is 6.00. The molecule has 0 spiro atoms. The van der Waals surface area contributed by atoms with Crippen LogP contribution < -0.4 is 9.64 Å². The minimum atomic E-state index is -0.573. The summed E-state index contributed by atoms with van der Waals surface area (Å²) in [6, 6.07) is 8.34. The number of nitrogens with one attached hydrogen (secondary N) is 1. The third-order valence-electron chi connectivity index (χ3n) is 5.08. The highest BCUT2D eigenvalue weighted by molar-refractivity contribution is 5.79. The van der Waals surface area contributed by atoms with Crippen molar-refractivity contribution in [1.82, 2.24) is 0 Å². The number of ether oxygens (including phenoxy) is 1. The molecule has 1 aromatic rings. The lowest BCUT2D eigenvalue weighted by molar-refractivity contribution is -0.916. The van der Waals surface area contributed by atoms with Gasteiger partial charge in [0, 0.05) is 25.1 Å². The molecule has 4 heteroatoms. The van der Waals surface area contributed by atoms with Crippen molar-refractivity contribution in [2.45, 2.75) is 38.3 Å². The lowest BCUT2D eigenvalue weighted by Crippen LogP contribution is -3.15. The van der Waals surface area contributed by atoms with Gasteiger partial charge in [-0.25, -0.2) is 0 Å². The van der Waals surface area contributed by atoms with Crippen LogP contribution in [0.5, 0.6) is 5.75 Å². The fraction of sp³-hybridized carbons (Fsp3) is 0.611. The van der Waals surface area contributed by atoms with Crippen LogP contribution in [-0.4, -0.2) is 50.2 Å². The third-order valence-corrected chi connectivity index (χ3v) is 5.08. The molecular weight excluding hydrogens is 276 g/mol. The first-order valence-electron chi connectivity index (χ1n) is 8.13. The Balaban J connectivity index is 1.87. The van der Waals surface area contributed by atoms with E-state index in [1.54, 1.807) is 7.11 Å². The molecule has 22 heavy (non-hydrogen) atoms. The smallest absolute Gasteiger partial charge is 0.118 e. The minimum Gasteiger partial charge on any atom is -0.497 e. The van der Waals surface area contributed by atoms with Crippen LogP contribution in [-0.2, 0) is 0 Å². The van der Waals surface area contributed by atoms with Gasteiger partial charge in [0.1, 0.15) is 5.75 Å². The molecule has 0 saturated carbocycles. The summed E-state index contributed by atoms with van der Waals surface area (Å²) in [5.74, 6) is 1.17.